The summed E-state index contributed by atoms with van der Waals surface area (Å²) in [5, 5.41) is 5.79. The molecule has 19 heavy (non-hydrogen) atoms. The molecule has 2 aromatic rings. The Morgan fingerprint density at radius 3 is 2.47 bits per heavy atom. The molecule has 102 valence electrons. The third kappa shape index (κ3) is 3.11. The van der Waals surface area contributed by atoms with Crippen LogP contribution in [0.25, 0.3) is 11.4 Å². The van der Waals surface area contributed by atoms with E-state index in [-0.39, 0.29) is 0 Å². The minimum atomic E-state index is 0.601. The van der Waals surface area contributed by atoms with Crippen LogP contribution in [0.3, 0.4) is 0 Å². The monoisotopic (exact) mass is 295 g/mol. The van der Waals surface area contributed by atoms with Crippen molar-refractivity contribution >= 4 is 27.8 Å². The Balaban J connectivity index is 1.65. The molecule has 0 aliphatic carbocycles. The molecule has 2 N–H and O–H groups in total. The molecule has 3 rings (SSSR count). The van der Waals surface area contributed by atoms with Crippen molar-refractivity contribution in [3.63, 3.8) is 0 Å². The lowest BCUT2D eigenvalue weighted by Gasteiger charge is -2.31. The third-order valence-corrected chi connectivity index (χ3v) is 4.80. The van der Waals surface area contributed by atoms with E-state index in [9.17, 15) is 0 Å². The fraction of sp³-hybridized carbons (Fsp3) is 0.500. The lowest BCUT2D eigenvalue weighted by atomic mass is 10.3. The summed E-state index contributed by atoms with van der Waals surface area (Å²) < 4.78 is 0. The van der Waals surface area contributed by atoms with Crippen molar-refractivity contribution in [2.24, 2.45) is 0 Å². The van der Waals surface area contributed by atoms with Gasteiger partial charge in [0.05, 0.1) is 6.54 Å². The first-order valence-corrected chi connectivity index (χ1v) is 8.03. The first-order chi connectivity index (χ1) is 9.20. The van der Waals surface area contributed by atoms with Gasteiger partial charge < -0.3 is 10.6 Å². The molecule has 2 aromatic heterocycles. The molecule has 0 aromatic carbocycles. The van der Waals surface area contributed by atoms with E-state index in [4.69, 9.17) is 5.73 Å². The van der Waals surface area contributed by atoms with Crippen LogP contribution in [0.1, 0.15) is 5.01 Å². The van der Waals surface area contributed by atoms with Gasteiger partial charge in [-0.2, -0.15) is 0 Å². The summed E-state index contributed by atoms with van der Waals surface area (Å²) in [6.07, 6.45) is 0. The Morgan fingerprint density at radius 1 is 1.11 bits per heavy atom. The number of nitrogen functional groups attached to an aromatic ring is 1. The molecule has 1 aliphatic heterocycles. The maximum absolute atomic E-state index is 5.66. The number of thiazole rings is 2. The van der Waals surface area contributed by atoms with Crippen LogP contribution in [0.5, 0.6) is 0 Å². The predicted molar refractivity (Wildman–Crippen MR) is 80.4 cm³/mol. The Kier molecular flexibility index (Phi) is 3.79. The lowest BCUT2D eigenvalue weighted by Crippen LogP contribution is -2.43. The summed E-state index contributed by atoms with van der Waals surface area (Å²) in [6.45, 7) is 5.46. The molecular weight excluding hydrogens is 278 g/mol. The predicted octanol–water partition coefficient (Wildman–Crippen LogP) is 1.60. The van der Waals surface area contributed by atoms with E-state index in [0.717, 1.165) is 49.1 Å². The third-order valence-electron chi connectivity index (χ3n) is 3.29. The molecule has 0 unspecified atom stereocenters. The zero-order valence-corrected chi connectivity index (χ0v) is 12.5. The van der Waals surface area contributed by atoms with Crippen molar-refractivity contribution in [3.8, 4) is 11.4 Å². The Labute approximate surface area is 120 Å². The molecule has 0 bridgehead atoms. The molecule has 0 atom stereocenters. The van der Waals surface area contributed by atoms with Gasteiger partial charge in [-0.15, -0.1) is 22.7 Å². The number of hydrogen-bond acceptors (Lipinski definition) is 7. The Bertz CT molecular complexity index is 542. The minimum Gasteiger partial charge on any atom is -0.375 e. The number of aromatic nitrogens is 2. The zero-order valence-electron chi connectivity index (χ0n) is 10.9. The van der Waals surface area contributed by atoms with Gasteiger partial charge in [0.2, 0.25) is 0 Å². The summed E-state index contributed by atoms with van der Waals surface area (Å²) in [5.41, 5.74) is 7.49. The molecule has 3 heterocycles. The molecule has 1 fully saturated rings. The fourth-order valence-corrected chi connectivity index (χ4v) is 3.49. The second-order valence-corrected chi connectivity index (χ2v) is 6.61. The van der Waals surface area contributed by atoms with Gasteiger partial charge in [0.1, 0.15) is 16.4 Å². The van der Waals surface area contributed by atoms with Crippen molar-refractivity contribution in [2.45, 2.75) is 6.54 Å². The SMILES string of the molecule is CN1CCN(Cc2nc(-c3csc(N)n3)cs2)CC1. The Morgan fingerprint density at radius 2 is 1.79 bits per heavy atom. The van der Waals surface area contributed by atoms with Crippen LogP contribution < -0.4 is 5.73 Å². The number of anilines is 1. The van der Waals surface area contributed by atoms with E-state index >= 15 is 0 Å². The highest BCUT2D eigenvalue weighted by molar-refractivity contribution is 7.14. The van der Waals surface area contributed by atoms with Crippen LogP contribution in [-0.4, -0.2) is 53.0 Å². The highest BCUT2D eigenvalue weighted by atomic mass is 32.1. The van der Waals surface area contributed by atoms with Gasteiger partial charge >= 0.3 is 0 Å². The van der Waals surface area contributed by atoms with E-state index in [0.29, 0.717) is 5.13 Å². The van der Waals surface area contributed by atoms with E-state index < -0.39 is 0 Å². The zero-order chi connectivity index (χ0) is 13.2. The molecule has 0 spiro atoms. The van der Waals surface area contributed by atoms with Crippen LogP contribution in [0.15, 0.2) is 10.8 Å². The first-order valence-electron chi connectivity index (χ1n) is 6.27. The van der Waals surface area contributed by atoms with E-state index in [2.05, 4.69) is 32.2 Å². The number of piperazine rings is 1. The average molecular weight is 295 g/mol. The second kappa shape index (κ2) is 5.54. The normalized spacial score (nSPS) is 17.9. The lowest BCUT2D eigenvalue weighted by molar-refractivity contribution is 0.148. The number of rotatable bonds is 3. The van der Waals surface area contributed by atoms with Crippen LogP contribution in [0.2, 0.25) is 0 Å². The van der Waals surface area contributed by atoms with Gasteiger partial charge in [0.25, 0.3) is 0 Å². The molecule has 7 heteroatoms. The molecule has 1 saturated heterocycles. The average Bonchev–Trinajstić information content (AvgIpc) is 3.01. The highest BCUT2D eigenvalue weighted by Crippen LogP contribution is 2.25. The number of nitrogens with two attached hydrogens (primary N) is 1. The van der Waals surface area contributed by atoms with Crippen LogP contribution >= 0.6 is 22.7 Å². The summed E-state index contributed by atoms with van der Waals surface area (Å²) >= 11 is 3.17. The standard InChI is InChI=1S/C12H17N5S2/c1-16-2-4-17(5-3-16)6-11-14-9(7-18-11)10-8-19-12(13)15-10/h7-8H,2-6H2,1H3,(H2,13,15). The van der Waals surface area contributed by atoms with Crippen molar-refractivity contribution in [1.29, 1.82) is 0 Å². The molecule has 0 saturated carbocycles. The summed E-state index contributed by atoms with van der Waals surface area (Å²) in [5.74, 6) is 0. The maximum Gasteiger partial charge on any atom is 0.180 e. The molecule has 1 aliphatic rings. The van der Waals surface area contributed by atoms with Crippen LogP contribution in [0, 0.1) is 0 Å². The summed E-state index contributed by atoms with van der Waals surface area (Å²) in [4.78, 5) is 13.7. The summed E-state index contributed by atoms with van der Waals surface area (Å²) in [7, 11) is 2.17. The van der Waals surface area contributed by atoms with E-state index in [1.165, 1.54) is 11.3 Å². The minimum absolute atomic E-state index is 0.601. The molecule has 0 radical (unpaired) electrons. The van der Waals surface area contributed by atoms with Crippen LogP contribution in [0.4, 0.5) is 5.13 Å². The maximum atomic E-state index is 5.66. The molecule has 5 nitrogen and oxygen atoms in total. The van der Waals surface area contributed by atoms with Crippen molar-refractivity contribution in [1.82, 2.24) is 19.8 Å². The van der Waals surface area contributed by atoms with Crippen molar-refractivity contribution < 1.29 is 0 Å². The van der Waals surface area contributed by atoms with Crippen molar-refractivity contribution in [3.05, 3.63) is 15.8 Å². The highest BCUT2D eigenvalue weighted by Gasteiger charge is 2.16. The smallest absolute Gasteiger partial charge is 0.180 e. The van der Waals surface area contributed by atoms with Crippen LogP contribution in [-0.2, 0) is 6.54 Å². The largest absolute Gasteiger partial charge is 0.375 e. The van der Waals surface area contributed by atoms with Gasteiger partial charge in [0, 0.05) is 36.9 Å². The topological polar surface area (TPSA) is 58.3 Å². The second-order valence-electron chi connectivity index (χ2n) is 4.78. The van der Waals surface area contributed by atoms with E-state index in [1.54, 1.807) is 11.3 Å². The number of hydrogen-bond donors (Lipinski definition) is 1. The van der Waals surface area contributed by atoms with E-state index in [1.807, 2.05) is 5.38 Å². The molecular formula is C12H17N5S2. The van der Waals surface area contributed by atoms with Gasteiger partial charge in [-0.3, -0.25) is 4.90 Å². The van der Waals surface area contributed by atoms with Gasteiger partial charge in [-0.05, 0) is 7.05 Å². The summed E-state index contributed by atoms with van der Waals surface area (Å²) in [6, 6.07) is 0. The van der Waals surface area contributed by atoms with Gasteiger partial charge in [-0.25, -0.2) is 9.97 Å². The quantitative estimate of drug-likeness (QED) is 0.932. The Hall–Kier alpha value is -1.02. The fourth-order valence-electron chi connectivity index (χ4n) is 2.10. The van der Waals surface area contributed by atoms with Gasteiger partial charge in [0.15, 0.2) is 5.13 Å². The number of nitrogens with zero attached hydrogens (tertiary/aromatic N) is 4. The van der Waals surface area contributed by atoms with Gasteiger partial charge in [-0.1, -0.05) is 0 Å². The van der Waals surface area contributed by atoms with Crippen molar-refractivity contribution in [2.75, 3.05) is 39.0 Å². The first kappa shape index (κ1) is 13.0. The number of likely N-dealkylation sites (N-methyl/N-ethyl adjacent to an activating group) is 1. The molecule has 0 amide bonds.